The zero-order valence-corrected chi connectivity index (χ0v) is 19.6. The van der Waals surface area contributed by atoms with Crippen LogP contribution < -0.4 is 17.2 Å². The van der Waals surface area contributed by atoms with Gasteiger partial charge in [-0.05, 0) is 19.4 Å². The van der Waals surface area contributed by atoms with Crippen LogP contribution in [-0.2, 0) is 33.3 Å². The van der Waals surface area contributed by atoms with Gasteiger partial charge in [0.05, 0.1) is 19.8 Å². The SMILES string of the molecule is NCCCC[C@H](N)C(=O)OC[C@@]1(O[C@H]2O[C@H](CO)[C@@H](O)[C@H](O)[C@H]2O)O[C@H](CO)[C@@H](O)[C@@H]1OC(=O)CN. The Morgan fingerprint density at radius 3 is 2.19 bits per heavy atom. The van der Waals surface area contributed by atoms with Crippen molar-refractivity contribution < 1.29 is 63.9 Å². The van der Waals surface area contributed by atoms with Crippen LogP contribution in [0, 0.1) is 0 Å². The van der Waals surface area contributed by atoms with E-state index in [1.807, 2.05) is 0 Å². The largest absolute Gasteiger partial charge is 0.459 e. The fraction of sp³-hybridized carbons (Fsp3) is 0.900. The van der Waals surface area contributed by atoms with E-state index in [9.17, 15) is 40.2 Å². The third-order valence-electron chi connectivity index (χ3n) is 5.93. The molecule has 10 atom stereocenters. The van der Waals surface area contributed by atoms with Crippen molar-refractivity contribution in [3.63, 3.8) is 0 Å². The highest BCUT2D eigenvalue weighted by Crippen LogP contribution is 2.38. The molecule has 0 aromatic rings. The first kappa shape index (κ1) is 30.7. The molecule has 0 amide bonds. The van der Waals surface area contributed by atoms with Crippen molar-refractivity contribution in [2.45, 2.75) is 80.1 Å². The molecule has 12 N–H and O–H groups in total. The van der Waals surface area contributed by atoms with Crippen LogP contribution in [0.15, 0.2) is 0 Å². The standard InChI is InChI=1S/C20H37N3O13/c21-4-2-1-3-9(23)18(31)32-8-20(17(34-12(26)5-22)14(28)11(7-25)35-20)36-19-16(30)15(29)13(27)10(6-24)33-19/h9-11,13-17,19,24-25,27-30H,1-8,21-23H2/t9-,10+,11+,13+,14+,15-,16+,17-,19+,20-/m0/s1. The van der Waals surface area contributed by atoms with E-state index in [-0.39, 0.29) is 6.42 Å². The third kappa shape index (κ3) is 7.06. The van der Waals surface area contributed by atoms with E-state index in [0.29, 0.717) is 19.4 Å². The Morgan fingerprint density at radius 1 is 0.944 bits per heavy atom. The van der Waals surface area contributed by atoms with Gasteiger partial charge in [-0.1, -0.05) is 6.42 Å². The number of carbonyl (C=O) groups is 2. The summed E-state index contributed by atoms with van der Waals surface area (Å²) in [7, 11) is 0. The minimum Gasteiger partial charge on any atom is -0.459 e. The number of rotatable bonds is 13. The number of nitrogens with two attached hydrogens (primary N) is 3. The Labute approximate surface area is 206 Å². The van der Waals surface area contributed by atoms with E-state index in [1.165, 1.54) is 0 Å². The van der Waals surface area contributed by atoms with Gasteiger partial charge in [0.15, 0.2) is 12.4 Å². The summed E-state index contributed by atoms with van der Waals surface area (Å²) in [6, 6.07) is -1.06. The van der Waals surface area contributed by atoms with Gasteiger partial charge in [0, 0.05) is 0 Å². The van der Waals surface area contributed by atoms with E-state index < -0.39 is 99.2 Å². The Hall–Kier alpha value is -1.54. The lowest BCUT2D eigenvalue weighted by Crippen LogP contribution is -2.63. The van der Waals surface area contributed by atoms with Crippen LogP contribution in [0.5, 0.6) is 0 Å². The van der Waals surface area contributed by atoms with Crippen molar-refractivity contribution in [3.05, 3.63) is 0 Å². The first-order chi connectivity index (χ1) is 17.0. The van der Waals surface area contributed by atoms with Crippen LogP contribution in [0.3, 0.4) is 0 Å². The molecule has 0 aromatic heterocycles. The second kappa shape index (κ2) is 13.8. The third-order valence-corrected chi connectivity index (χ3v) is 5.93. The number of unbranched alkanes of at least 4 members (excludes halogenated alkanes) is 1. The lowest BCUT2D eigenvalue weighted by atomic mass is 9.99. The number of aliphatic hydroxyl groups is 6. The molecule has 0 spiro atoms. The van der Waals surface area contributed by atoms with Gasteiger partial charge in [-0.15, -0.1) is 0 Å². The fourth-order valence-corrected chi connectivity index (χ4v) is 3.85. The molecule has 0 unspecified atom stereocenters. The average molecular weight is 528 g/mol. The molecule has 0 radical (unpaired) electrons. The van der Waals surface area contributed by atoms with E-state index in [2.05, 4.69) is 0 Å². The minimum absolute atomic E-state index is 0.241. The van der Waals surface area contributed by atoms with Crippen LogP contribution in [0.1, 0.15) is 19.3 Å². The van der Waals surface area contributed by atoms with Gasteiger partial charge in [-0.3, -0.25) is 9.59 Å². The number of hydrogen-bond donors (Lipinski definition) is 9. The van der Waals surface area contributed by atoms with Crippen molar-refractivity contribution in [2.75, 3.05) is 32.9 Å². The van der Waals surface area contributed by atoms with Crippen LogP contribution in [0.4, 0.5) is 0 Å². The van der Waals surface area contributed by atoms with Crippen LogP contribution >= 0.6 is 0 Å². The second-order valence-electron chi connectivity index (χ2n) is 8.57. The molecule has 2 saturated heterocycles. The highest BCUT2D eigenvalue weighted by Gasteiger charge is 2.61. The van der Waals surface area contributed by atoms with Crippen LogP contribution in [0.2, 0.25) is 0 Å². The molecule has 0 aliphatic carbocycles. The molecule has 2 heterocycles. The molecule has 2 fully saturated rings. The Kier molecular flexibility index (Phi) is 11.8. The minimum atomic E-state index is -2.39. The van der Waals surface area contributed by atoms with Gasteiger partial charge in [0.25, 0.3) is 0 Å². The maximum absolute atomic E-state index is 12.5. The number of carbonyl (C=O) groups excluding carboxylic acids is 2. The summed E-state index contributed by atoms with van der Waals surface area (Å²) in [6.45, 7) is -2.65. The predicted molar refractivity (Wildman–Crippen MR) is 116 cm³/mol. The van der Waals surface area contributed by atoms with Crippen molar-refractivity contribution in [3.8, 4) is 0 Å². The first-order valence-electron chi connectivity index (χ1n) is 11.5. The van der Waals surface area contributed by atoms with Crippen molar-refractivity contribution in [1.29, 1.82) is 0 Å². The van der Waals surface area contributed by atoms with Gasteiger partial charge in [0.1, 0.15) is 49.3 Å². The Balaban J connectivity index is 2.34. The maximum Gasteiger partial charge on any atom is 0.323 e. The normalized spacial score (nSPS) is 37.5. The average Bonchev–Trinajstić information content (AvgIpc) is 3.13. The van der Waals surface area contributed by atoms with Gasteiger partial charge in [-0.2, -0.15) is 0 Å². The zero-order valence-electron chi connectivity index (χ0n) is 19.6. The highest BCUT2D eigenvalue weighted by atomic mass is 16.8. The second-order valence-corrected chi connectivity index (χ2v) is 8.57. The van der Waals surface area contributed by atoms with Crippen LogP contribution in [0.25, 0.3) is 0 Å². The summed E-state index contributed by atoms with van der Waals surface area (Å²) < 4.78 is 27.0. The predicted octanol–water partition coefficient (Wildman–Crippen LogP) is -5.88. The van der Waals surface area contributed by atoms with E-state index in [1.54, 1.807) is 0 Å². The van der Waals surface area contributed by atoms with E-state index >= 15 is 0 Å². The summed E-state index contributed by atoms with van der Waals surface area (Å²) in [4.78, 5) is 24.5. The summed E-state index contributed by atoms with van der Waals surface area (Å²) in [5, 5.41) is 60.3. The van der Waals surface area contributed by atoms with E-state index in [0.717, 1.165) is 0 Å². The molecule has 16 heteroatoms. The number of esters is 2. The summed E-state index contributed by atoms with van der Waals surface area (Å²) in [5.74, 6) is -4.32. The van der Waals surface area contributed by atoms with E-state index in [4.69, 9.17) is 40.9 Å². The molecule has 0 saturated carbocycles. The molecule has 0 bridgehead atoms. The maximum atomic E-state index is 12.5. The molecule has 210 valence electrons. The van der Waals surface area contributed by atoms with Crippen molar-refractivity contribution >= 4 is 11.9 Å². The summed E-state index contributed by atoms with van der Waals surface area (Å²) in [5.41, 5.74) is 16.6. The quantitative estimate of drug-likeness (QED) is 0.0796. The molecular formula is C20H37N3O13. The van der Waals surface area contributed by atoms with Gasteiger partial charge in [-0.25, -0.2) is 0 Å². The Bertz CT molecular complexity index is 716. The monoisotopic (exact) mass is 527 g/mol. The summed E-state index contributed by atoms with van der Waals surface area (Å²) >= 11 is 0. The number of aliphatic hydroxyl groups excluding tert-OH is 6. The number of hydrogen-bond acceptors (Lipinski definition) is 16. The van der Waals surface area contributed by atoms with Gasteiger partial charge in [0.2, 0.25) is 5.79 Å². The van der Waals surface area contributed by atoms with Crippen molar-refractivity contribution in [2.24, 2.45) is 17.2 Å². The van der Waals surface area contributed by atoms with Crippen molar-refractivity contribution in [1.82, 2.24) is 0 Å². The molecule has 2 aliphatic rings. The summed E-state index contributed by atoms with van der Waals surface area (Å²) in [6.07, 6.45) is -12.2. The molecule has 0 aromatic carbocycles. The lowest BCUT2D eigenvalue weighted by Gasteiger charge is -2.43. The topological polar surface area (TPSA) is 280 Å². The molecular weight excluding hydrogens is 490 g/mol. The molecule has 2 aliphatic heterocycles. The fourth-order valence-electron chi connectivity index (χ4n) is 3.85. The molecule has 16 nitrogen and oxygen atoms in total. The van der Waals surface area contributed by atoms with Gasteiger partial charge < -0.3 is 71.5 Å². The zero-order chi connectivity index (χ0) is 27.0. The van der Waals surface area contributed by atoms with Crippen LogP contribution in [-0.4, -0.2) is 136 Å². The van der Waals surface area contributed by atoms with Gasteiger partial charge >= 0.3 is 11.9 Å². The Morgan fingerprint density at radius 2 is 1.61 bits per heavy atom. The smallest absolute Gasteiger partial charge is 0.323 e. The highest BCUT2D eigenvalue weighted by molar-refractivity contribution is 5.75. The molecule has 36 heavy (non-hydrogen) atoms. The first-order valence-corrected chi connectivity index (χ1v) is 11.5. The molecule has 2 rings (SSSR count). The number of ether oxygens (including phenoxy) is 5. The lowest BCUT2D eigenvalue weighted by molar-refractivity contribution is -0.384.